The first kappa shape index (κ1) is 37.7. The Hall–Kier alpha value is -2.09. The van der Waals surface area contributed by atoms with Crippen LogP contribution in [0.2, 0.25) is 0 Å². The molecule has 14 nitrogen and oxygen atoms in total. The van der Waals surface area contributed by atoms with E-state index in [-0.39, 0.29) is 18.0 Å². The second kappa shape index (κ2) is 18.1. The van der Waals surface area contributed by atoms with Gasteiger partial charge in [0.05, 0.1) is 6.16 Å². The van der Waals surface area contributed by atoms with Crippen molar-refractivity contribution in [1.82, 2.24) is 35.8 Å². The zero-order chi connectivity index (χ0) is 33.9. The van der Waals surface area contributed by atoms with Crippen molar-refractivity contribution in [3.8, 4) is 0 Å². The van der Waals surface area contributed by atoms with Crippen molar-refractivity contribution in [1.29, 1.82) is 0 Å². The normalized spacial score (nSPS) is 23.5. The van der Waals surface area contributed by atoms with Gasteiger partial charge >= 0.3 is 7.60 Å². The average molecular weight is 681 g/mol. The van der Waals surface area contributed by atoms with E-state index in [1.165, 1.54) is 64.2 Å². The Labute approximate surface area is 281 Å². The summed E-state index contributed by atoms with van der Waals surface area (Å²) >= 11 is 0. The Morgan fingerprint density at radius 1 is 0.936 bits per heavy atom. The van der Waals surface area contributed by atoms with Crippen LogP contribution in [-0.4, -0.2) is 112 Å². The van der Waals surface area contributed by atoms with Gasteiger partial charge in [-0.3, -0.25) is 14.3 Å². The predicted molar refractivity (Wildman–Crippen MR) is 188 cm³/mol. The molecule has 1 aliphatic heterocycles. The Balaban J connectivity index is 1.21. The third-order valence-corrected chi connectivity index (χ3v) is 10.5. The summed E-state index contributed by atoms with van der Waals surface area (Å²) in [6.07, 6.45) is 12.9. The van der Waals surface area contributed by atoms with Crippen molar-refractivity contribution in [3.05, 3.63) is 0 Å². The number of hydrogen-bond acceptors (Lipinski definition) is 11. The summed E-state index contributed by atoms with van der Waals surface area (Å²) < 4.78 is 11.4. The third kappa shape index (κ3) is 13.7. The van der Waals surface area contributed by atoms with E-state index in [2.05, 4.69) is 36.2 Å². The number of nitrogen functional groups attached to an aromatic ring is 1. The molecular formula is C32H61N10O4P. The minimum absolute atomic E-state index is 0.126. The molecule has 1 aromatic heterocycles. The lowest BCUT2D eigenvalue weighted by Crippen LogP contribution is -2.61. The molecule has 2 aliphatic carbocycles. The number of carbonyl (C=O) groups is 1. The largest absolute Gasteiger partial charge is 0.368 e. The number of carbonyl (C=O) groups excluding carboxylic acids is 1. The van der Waals surface area contributed by atoms with Gasteiger partial charge in [0.25, 0.3) is 0 Å². The van der Waals surface area contributed by atoms with E-state index in [0.29, 0.717) is 50.4 Å². The number of nitrogens with zero attached hydrogens (tertiary/aromatic N) is 5. The van der Waals surface area contributed by atoms with E-state index < -0.39 is 19.2 Å². The first-order valence-electron chi connectivity index (χ1n) is 17.9. The summed E-state index contributed by atoms with van der Waals surface area (Å²) in [6.45, 7) is 11.7. The highest BCUT2D eigenvalue weighted by atomic mass is 31.2. The molecule has 1 saturated heterocycles. The highest BCUT2D eigenvalue weighted by molar-refractivity contribution is 7.51. The molecule has 0 radical (unpaired) electrons. The van der Waals surface area contributed by atoms with Gasteiger partial charge in [-0.1, -0.05) is 19.3 Å². The molecule has 15 heteroatoms. The second-order valence-electron chi connectivity index (χ2n) is 14.9. The molecule has 1 amide bonds. The highest BCUT2D eigenvalue weighted by Crippen LogP contribution is 2.35. The molecule has 1 aromatic rings. The molecule has 0 spiro atoms. The molecule has 0 bridgehead atoms. The molecular weight excluding hydrogens is 619 g/mol. The number of anilines is 3. The number of aromatic nitrogens is 3. The number of amides is 1. The fourth-order valence-electron chi connectivity index (χ4n) is 7.06. The quantitative estimate of drug-likeness (QED) is 0.0996. The Kier molecular flexibility index (Phi) is 14.5. The maximum Gasteiger partial charge on any atom is 0.325 e. The molecule has 2 heterocycles. The molecule has 4 rings (SSSR count). The van der Waals surface area contributed by atoms with Gasteiger partial charge in [-0.05, 0) is 110 Å². The molecule has 8 N–H and O–H groups in total. The van der Waals surface area contributed by atoms with E-state index in [1.54, 1.807) is 0 Å². The van der Waals surface area contributed by atoms with Crippen LogP contribution >= 0.6 is 7.60 Å². The topological polar surface area (TPSA) is 194 Å². The number of nitrogens with two attached hydrogens (primary N) is 1. The zero-order valence-electron chi connectivity index (χ0n) is 28.9. The van der Waals surface area contributed by atoms with Gasteiger partial charge in [-0.15, -0.1) is 0 Å². The van der Waals surface area contributed by atoms with E-state index in [1.807, 2.05) is 30.6 Å². The lowest BCUT2D eigenvalue weighted by atomic mass is 9.82. The number of rotatable bonds is 16. The molecule has 3 fully saturated rings. The van der Waals surface area contributed by atoms with Crippen LogP contribution in [0.3, 0.4) is 0 Å². The molecule has 3 aliphatic rings. The van der Waals surface area contributed by atoms with Crippen LogP contribution in [0.25, 0.3) is 0 Å². The standard InChI is InChI=1S/C32H61N10O4P/c1-32(2,3)40-28(43)27-23-42(19-18-41(27)17-8-20-47(44,45)46)31-38-29(33)37-30(39-31)36-22-25-13-11-24(12-14-25)21-34-15-7-16-35-26-9-5-4-6-10-26/h24-27,34-35H,4-23H2,1-3H3,(H,40,43)(H2,44,45,46)(H3,33,36,37,38,39)/t24-,25-,27-/m0/s1. The van der Waals surface area contributed by atoms with Crippen molar-refractivity contribution in [3.63, 3.8) is 0 Å². The Morgan fingerprint density at radius 3 is 2.32 bits per heavy atom. The van der Waals surface area contributed by atoms with Crippen molar-refractivity contribution in [2.45, 2.75) is 109 Å². The van der Waals surface area contributed by atoms with E-state index >= 15 is 0 Å². The van der Waals surface area contributed by atoms with Gasteiger partial charge in [0, 0.05) is 37.8 Å². The Morgan fingerprint density at radius 2 is 1.64 bits per heavy atom. The fourth-order valence-corrected chi connectivity index (χ4v) is 7.61. The van der Waals surface area contributed by atoms with Crippen molar-refractivity contribution < 1.29 is 19.1 Å². The molecule has 1 atom stereocenters. The van der Waals surface area contributed by atoms with Crippen molar-refractivity contribution in [2.24, 2.45) is 11.8 Å². The molecule has 47 heavy (non-hydrogen) atoms. The van der Waals surface area contributed by atoms with E-state index in [9.17, 15) is 19.1 Å². The van der Waals surface area contributed by atoms with Crippen molar-refractivity contribution in [2.75, 3.05) is 74.5 Å². The van der Waals surface area contributed by atoms with Crippen LogP contribution in [0.15, 0.2) is 0 Å². The van der Waals surface area contributed by atoms with Crippen LogP contribution in [0.5, 0.6) is 0 Å². The SMILES string of the molecule is CC(C)(C)NC(=O)[C@@H]1CN(c2nc(N)nc(NC[C@H]3CC[C@H](CNCCCNC4CCCCC4)CC3)n2)CCN1CCCP(=O)(O)O. The minimum atomic E-state index is -4.10. The third-order valence-electron chi connectivity index (χ3n) is 9.63. The molecule has 2 saturated carbocycles. The van der Waals surface area contributed by atoms with Gasteiger partial charge in [0.1, 0.15) is 6.04 Å². The van der Waals surface area contributed by atoms with Crippen LogP contribution in [0.4, 0.5) is 17.8 Å². The summed E-state index contributed by atoms with van der Waals surface area (Å²) in [4.78, 5) is 49.3. The second-order valence-corrected chi connectivity index (χ2v) is 16.7. The lowest BCUT2D eigenvalue weighted by Gasteiger charge is -2.41. The smallest absolute Gasteiger partial charge is 0.325 e. The van der Waals surface area contributed by atoms with Crippen LogP contribution in [0.1, 0.15) is 91.4 Å². The first-order chi connectivity index (χ1) is 22.3. The molecule has 0 aromatic carbocycles. The Bertz CT molecular complexity index is 1150. The van der Waals surface area contributed by atoms with E-state index in [0.717, 1.165) is 38.1 Å². The molecule has 0 unspecified atom stereocenters. The maximum absolute atomic E-state index is 13.3. The van der Waals surface area contributed by atoms with Crippen LogP contribution < -0.4 is 31.9 Å². The summed E-state index contributed by atoms with van der Waals surface area (Å²) in [5, 5.41) is 13.9. The summed E-state index contributed by atoms with van der Waals surface area (Å²) in [6, 6.07) is 0.210. The fraction of sp³-hybridized carbons (Fsp3) is 0.875. The van der Waals surface area contributed by atoms with Crippen molar-refractivity contribution >= 4 is 31.3 Å². The van der Waals surface area contributed by atoms with Crippen LogP contribution in [-0.2, 0) is 9.36 Å². The maximum atomic E-state index is 13.3. The van der Waals surface area contributed by atoms with Gasteiger partial charge in [0.15, 0.2) is 0 Å². The van der Waals surface area contributed by atoms with Gasteiger partial charge in [0.2, 0.25) is 23.8 Å². The summed E-state index contributed by atoms with van der Waals surface area (Å²) in [7, 11) is -4.10. The summed E-state index contributed by atoms with van der Waals surface area (Å²) in [5.74, 6) is 2.13. The number of hydrogen-bond donors (Lipinski definition) is 7. The zero-order valence-corrected chi connectivity index (χ0v) is 29.8. The molecule has 268 valence electrons. The average Bonchev–Trinajstić information content (AvgIpc) is 3.01. The van der Waals surface area contributed by atoms with Gasteiger partial charge < -0.3 is 41.7 Å². The first-order valence-corrected chi connectivity index (χ1v) is 19.7. The van der Waals surface area contributed by atoms with E-state index in [4.69, 9.17) is 5.73 Å². The monoisotopic (exact) mass is 680 g/mol. The van der Waals surface area contributed by atoms with Gasteiger partial charge in [-0.2, -0.15) is 15.0 Å². The minimum Gasteiger partial charge on any atom is -0.368 e. The lowest BCUT2D eigenvalue weighted by molar-refractivity contribution is -0.128. The van der Waals surface area contributed by atoms with Crippen LogP contribution in [0, 0.1) is 11.8 Å². The number of piperazine rings is 1. The van der Waals surface area contributed by atoms with Gasteiger partial charge in [-0.25, -0.2) is 0 Å². The number of nitrogens with one attached hydrogen (secondary N) is 4. The predicted octanol–water partition coefficient (Wildman–Crippen LogP) is 2.55. The summed E-state index contributed by atoms with van der Waals surface area (Å²) in [5.41, 5.74) is 5.69. The highest BCUT2D eigenvalue weighted by Gasteiger charge is 2.35.